The summed E-state index contributed by atoms with van der Waals surface area (Å²) in [6.45, 7) is 0. The number of nitrogens with zero attached hydrogens (tertiary/aromatic N) is 2. The Labute approximate surface area is 103 Å². The molecule has 5 nitrogen and oxygen atoms in total. The van der Waals surface area contributed by atoms with Gasteiger partial charge in [0.15, 0.2) is 11.6 Å². The maximum absolute atomic E-state index is 13.8. The summed E-state index contributed by atoms with van der Waals surface area (Å²) < 4.78 is 19.8. The van der Waals surface area contributed by atoms with Crippen molar-refractivity contribution in [1.29, 1.82) is 0 Å². The molecule has 18 heavy (non-hydrogen) atoms. The molecule has 0 spiro atoms. The molecule has 94 valence electrons. The van der Waals surface area contributed by atoms with Gasteiger partial charge >= 0.3 is 0 Å². The summed E-state index contributed by atoms with van der Waals surface area (Å²) in [5.41, 5.74) is 0.00563. The van der Waals surface area contributed by atoms with Crippen molar-refractivity contribution < 1.29 is 9.13 Å². The Balaban J connectivity index is 2.59. The standard InChI is InChI=1S/C12H12FN3O2/c1-14-10-4-3-5-16(12(10)17)11-9(13)6-8(18-2)7-15-11/h3-7,14H,1-2H3. The van der Waals surface area contributed by atoms with Gasteiger partial charge in [-0.25, -0.2) is 9.37 Å². The van der Waals surface area contributed by atoms with Crippen LogP contribution in [0, 0.1) is 5.82 Å². The van der Waals surface area contributed by atoms with E-state index in [4.69, 9.17) is 4.74 Å². The highest BCUT2D eigenvalue weighted by atomic mass is 19.1. The van der Waals surface area contributed by atoms with Crippen molar-refractivity contribution in [1.82, 2.24) is 9.55 Å². The molecule has 2 aromatic rings. The molecule has 6 heteroatoms. The van der Waals surface area contributed by atoms with Crippen molar-refractivity contribution >= 4 is 5.69 Å². The normalized spacial score (nSPS) is 10.2. The van der Waals surface area contributed by atoms with E-state index in [9.17, 15) is 9.18 Å². The molecule has 2 heterocycles. The maximum Gasteiger partial charge on any atom is 0.279 e. The summed E-state index contributed by atoms with van der Waals surface area (Å²) in [7, 11) is 3.04. The summed E-state index contributed by atoms with van der Waals surface area (Å²) in [5.74, 6) is -0.378. The molecule has 1 N–H and O–H groups in total. The van der Waals surface area contributed by atoms with Crippen molar-refractivity contribution in [2.45, 2.75) is 0 Å². The number of pyridine rings is 2. The minimum Gasteiger partial charge on any atom is -0.495 e. The molecule has 0 saturated carbocycles. The molecule has 0 radical (unpaired) electrons. The second kappa shape index (κ2) is 4.87. The lowest BCUT2D eigenvalue weighted by Gasteiger charge is -2.08. The highest BCUT2D eigenvalue weighted by Crippen LogP contribution is 2.15. The molecule has 0 saturated heterocycles. The number of halogens is 1. The third kappa shape index (κ3) is 2.04. The lowest BCUT2D eigenvalue weighted by Crippen LogP contribution is -2.22. The first kappa shape index (κ1) is 12.1. The summed E-state index contributed by atoms with van der Waals surface area (Å²) in [4.78, 5) is 15.9. The Morgan fingerprint density at radius 2 is 2.28 bits per heavy atom. The van der Waals surface area contributed by atoms with E-state index in [1.807, 2.05) is 0 Å². The highest BCUT2D eigenvalue weighted by molar-refractivity contribution is 5.42. The molecule has 0 aliphatic rings. The molecule has 0 unspecified atom stereocenters. The Hall–Kier alpha value is -2.37. The first-order valence-electron chi connectivity index (χ1n) is 5.26. The fourth-order valence-corrected chi connectivity index (χ4v) is 1.55. The van der Waals surface area contributed by atoms with Crippen LogP contribution < -0.4 is 15.6 Å². The Morgan fingerprint density at radius 1 is 1.50 bits per heavy atom. The van der Waals surface area contributed by atoms with Crippen LogP contribution in [0.4, 0.5) is 10.1 Å². The fourth-order valence-electron chi connectivity index (χ4n) is 1.55. The quantitative estimate of drug-likeness (QED) is 0.893. The molecule has 0 atom stereocenters. The van der Waals surface area contributed by atoms with E-state index in [0.717, 1.165) is 4.57 Å². The Kier molecular flexibility index (Phi) is 3.27. The topological polar surface area (TPSA) is 56.1 Å². The molecule has 0 fully saturated rings. The smallest absolute Gasteiger partial charge is 0.279 e. The molecule has 0 aromatic carbocycles. The SMILES string of the molecule is CNc1cccn(-c2ncc(OC)cc2F)c1=O. The van der Waals surface area contributed by atoms with Gasteiger partial charge < -0.3 is 10.1 Å². The highest BCUT2D eigenvalue weighted by Gasteiger charge is 2.10. The minimum atomic E-state index is -0.621. The zero-order valence-electron chi connectivity index (χ0n) is 9.98. The molecular weight excluding hydrogens is 237 g/mol. The third-order valence-electron chi connectivity index (χ3n) is 2.48. The van der Waals surface area contributed by atoms with Gasteiger partial charge in [0.2, 0.25) is 0 Å². The molecule has 0 aliphatic carbocycles. The largest absolute Gasteiger partial charge is 0.495 e. The number of ether oxygens (including phenoxy) is 1. The van der Waals surface area contributed by atoms with Crippen LogP contribution in [0.25, 0.3) is 5.82 Å². The van der Waals surface area contributed by atoms with E-state index in [-0.39, 0.29) is 11.4 Å². The summed E-state index contributed by atoms with van der Waals surface area (Å²) in [6.07, 6.45) is 2.82. The second-order valence-corrected chi connectivity index (χ2v) is 3.53. The first-order chi connectivity index (χ1) is 8.67. The summed E-state index contributed by atoms with van der Waals surface area (Å²) in [5, 5.41) is 2.74. The van der Waals surface area contributed by atoms with Gasteiger partial charge in [0.1, 0.15) is 11.4 Å². The number of hydrogen-bond acceptors (Lipinski definition) is 4. The molecule has 0 aliphatic heterocycles. The number of anilines is 1. The van der Waals surface area contributed by atoms with Gasteiger partial charge in [-0.15, -0.1) is 0 Å². The average molecular weight is 249 g/mol. The van der Waals surface area contributed by atoms with Gasteiger partial charge in [-0.1, -0.05) is 0 Å². The minimum absolute atomic E-state index is 0.0575. The monoisotopic (exact) mass is 249 g/mol. The fraction of sp³-hybridized carbons (Fsp3) is 0.167. The van der Waals surface area contributed by atoms with Crippen molar-refractivity contribution in [2.75, 3.05) is 19.5 Å². The van der Waals surface area contributed by atoms with Crippen molar-refractivity contribution in [2.24, 2.45) is 0 Å². The van der Waals surface area contributed by atoms with E-state index >= 15 is 0 Å². The van der Waals surface area contributed by atoms with Crippen LogP contribution >= 0.6 is 0 Å². The third-order valence-corrected chi connectivity index (χ3v) is 2.48. The number of rotatable bonds is 3. The van der Waals surface area contributed by atoms with Crippen LogP contribution in [-0.4, -0.2) is 23.7 Å². The number of nitrogens with one attached hydrogen (secondary N) is 1. The van der Waals surface area contributed by atoms with Crippen LogP contribution in [0.5, 0.6) is 5.75 Å². The molecule has 2 aromatic heterocycles. The maximum atomic E-state index is 13.8. The van der Waals surface area contributed by atoms with Crippen LogP contribution in [0.2, 0.25) is 0 Å². The molecule has 2 rings (SSSR count). The van der Waals surface area contributed by atoms with Crippen LogP contribution in [0.3, 0.4) is 0 Å². The van der Waals surface area contributed by atoms with Gasteiger partial charge in [0, 0.05) is 19.3 Å². The first-order valence-corrected chi connectivity index (χ1v) is 5.26. The summed E-state index contributed by atoms with van der Waals surface area (Å²) in [6, 6.07) is 4.43. The van der Waals surface area contributed by atoms with Crippen molar-refractivity contribution in [3.05, 3.63) is 46.8 Å². The zero-order valence-corrected chi connectivity index (χ0v) is 9.98. The Morgan fingerprint density at radius 3 is 2.89 bits per heavy atom. The van der Waals surface area contributed by atoms with Crippen LogP contribution in [-0.2, 0) is 0 Å². The average Bonchev–Trinajstić information content (AvgIpc) is 2.39. The summed E-state index contributed by atoms with van der Waals surface area (Å²) >= 11 is 0. The second-order valence-electron chi connectivity index (χ2n) is 3.53. The lowest BCUT2D eigenvalue weighted by molar-refractivity contribution is 0.408. The van der Waals surface area contributed by atoms with Gasteiger partial charge in [0.25, 0.3) is 5.56 Å². The van der Waals surface area contributed by atoms with Crippen LogP contribution in [0.1, 0.15) is 0 Å². The van der Waals surface area contributed by atoms with E-state index in [1.165, 1.54) is 25.6 Å². The van der Waals surface area contributed by atoms with Gasteiger partial charge in [-0.2, -0.15) is 0 Å². The zero-order chi connectivity index (χ0) is 13.1. The van der Waals surface area contributed by atoms with Crippen molar-refractivity contribution in [3.8, 4) is 11.6 Å². The van der Waals surface area contributed by atoms with Gasteiger partial charge in [0.05, 0.1) is 13.3 Å². The number of hydrogen-bond donors (Lipinski definition) is 1. The number of aromatic nitrogens is 2. The van der Waals surface area contributed by atoms with E-state index in [1.54, 1.807) is 19.2 Å². The van der Waals surface area contributed by atoms with Crippen LogP contribution in [0.15, 0.2) is 35.4 Å². The molecule has 0 bridgehead atoms. The van der Waals surface area contributed by atoms with Crippen molar-refractivity contribution in [3.63, 3.8) is 0 Å². The van der Waals surface area contributed by atoms with E-state index in [2.05, 4.69) is 10.3 Å². The Bertz CT molecular complexity index is 625. The lowest BCUT2D eigenvalue weighted by atomic mass is 10.3. The van der Waals surface area contributed by atoms with E-state index < -0.39 is 5.82 Å². The van der Waals surface area contributed by atoms with Gasteiger partial charge in [-0.3, -0.25) is 9.36 Å². The number of methoxy groups -OCH3 is 1. The molecular formula is C12H12FN3O2. The predicted octanol–water partition coefficient (Wildman–Crippen LogP) is 1.42. The predicted molar refractivity (Wildman–Crippen MR) is 65.9 cm³/mol. The molecule has 0 amide bonds. The van der Waals surface area contributed by atoms with Gasteiger partial charge in [-0.05, 0) is 12.1 Å². The van der Waals surface area contributed by atoms with E-state index in [0.29, 0.717) is 11.4 Å².